The van der Waals surface area contributed by atoms with E-state index in [2.05, 4.69) is 5.16 Å². The highest BCUT2D eigenvalue weighted by Gasteiger charge is 2.48. The van der Waals surface area contributed by atoms with Crippen molar-refractivity contribution in [3.8, 4) is 0 Å². The number of hydrogen-bond donors (Lipinski definition) is 0. The number of aromatic nitrogens is 1. The molecule has 7 heteroatoms. The Kier molecular flexibility index (Phi) is 3.25. The largest absolute Gasteiger partial charge is 0.361 e. The maximum absolute atomic E-state index is 12.8. The summed E-state index contributed by atoms with van der Waals surface area (Å²) in [4.78, 5) is 40.1. The number of likely N-dealkylation sites (tertiary alicyclic amines) is 1. The van der Waals surface area contributed by atoms with Crippen LogP contribution < -0.4 is 0 Å². The SMILES string of the molecule is Cc1oncc1C(=O)N1C2CCC1CC(N1C(=O)CCC1=O)C2. The fraction of sp³-hybridized carbons (Fsp3) is 0.625. The molecule has 0 N–H and O–H groups in total. The third kappa shape index (κ3) is 2.17. The van der Waals surface area contributed by atoms with Crippen LogP contribution in [-0.4, -0.2) is 50.8 Å². The van der Waals surface area contributed by atoms with Crippen LogP contribution in [0.25, 0.3) is 0 Å². The topological polar surface area (TPSA) is 83.7 Å². The zero-order valence-corrected chi connectivity index (χ0v) is 13.0. The van der Waals surface area contributed by atoms with Crippen LogP contribution in [0.15, 0.2) is 10.7 Å². The molecule has 122 valence electrons. The fourth-order valence-corrected chi connectivity index (χ4v) is 4.33. The molecule has 4 heterocycles. The molecule has 2 bridgehead atoms. The summed E-state index contributed by atoms with van der Waals surface area (Å²) < 4.78 is 5.00. The smallest absolute Gasteiger partial charge is 0.259 e. The quantitative estimate of drug-likeness (QED) is 0.767. The predicted octanol–water partition coefficient (Wildman–Crippen LogP) is 1.27. The van der Waals surface area contributed by atoms with E-state index in [9.17, 15) is 14.4 Å². The molecule has 7 nitrogen and oxygen atoms in total. The van der Waals surface area contributed by atoms with Gasteiger partial charge in [0.05, 0.1) is 6.20 Å². The van der Waals surface area contributed by atoms with Gasteiger partial charge in [0.2, 0.25) is 11.8 Å². The minimum absolute atomic E-state index is 0.0474. The Morgan fingerprint density at radius 2 is 1.74 bits per heavy atom. The molecule has 0 saturated carbocycles. The first kappa shape index (κ1) is 14.4. The summed E-state index contributed by atoms with van der Waals surface area (Å²) in [5.74, 6) is 0.360. The molecule has 4 rings (SSSR count). The molecule has 3 aliphatic heterocycles. The van der Waals surface area contributed by atoms with E-state index in [1.54, 1.807) is 6.92 Å². The Hall–Kier alpha value is -2.18. The molecule has 23 heavy (non-hydrogen) atoms. The average Bonchev–Trinajstić information content (AvgIpc) is 3.16. The summed E-state index contributed by atoms with van der Waals surface area (Å²) >= 11 is 0. The van der Waals surface area contributed by atoms with E-state index in [1.165, 1.54) is 11.1 Å². The number of fused-ring (bicyclic) bond motifs is 2. The van der Waals surface area contributed by atoms with Crippen molar-refractivity contribution in [1.29, 1.82) is 0 Å². The van der Waals surface area contributed by atoms with Gasteiger partial charge in [0, 0.05) is 31.0 Å². The third-order valence-corrected chi connectivity index (χ3v) is 5.38. The summed E-state index contributed by atoms with van der Waals surface area (Å²) in [5, 5.41) is 3.69. The molecule has 0 radical (unpaired) electrons. The second-order valence-electron chi connectivity index (χ2n) is 6.68. The van der Waals surface area contributed by atoms with E-state index in [0.717, 1.165) is 12.8 Å². The van der Waals surface area contributed by atoms with Crippen molar-refractivity contribution in [2.75, 3.05) is 0 Å². The molecule has 2 unspecified atom stereocenters. The van der Waals surface area contributed by atoms with Crippen molar-refractivity contribution in [2.24, 2.45) is 0 Å². The Labute approximate surface area is 133 Å². The van der Waals surface area contributed by atoms with Crippen molar-refractivity contribution >= 4 is 17.7 Å². The number of aryl methyl sites for hydroxylation is 1. The van der Waals surface area contributed by atoms with E-state index in [1.807, 2.05) is 4.90 Å². The lowest BCUT2D eigenvalue weighted by Gasteiger charge is -2.41. The summed E-state index contributed by atoms with van der Waals surface area (Å²) in [7, 11) is 0. The molecule has 1 aromatic rings. The van der Waals surface area contributed by atoms with Gasteiger partial charge in [-0.25, -0.2) is 0 Å². The zero-order chi connectivity index (χ0) is 16.1. The molecule has 3 saturated heterocycles. The van der Waals surface area contributed by atoms with Crippen molar-refractivity contribution in [2.45, 2.75) is 63.6 Å². The van der Waals surface area contributed by atoms with Crippen LogP contribution in [0.1, 0.15) is 54.6 Å². The van der Waals surface area contributed by atoms with Gasteiger partial charge in [0.1, 0.15) is 11.3 Å². The predicted molar refractivity (Wildman–Crippen MR) is 78.3 cm³/mol. The number of nitrogens with zero attached hydrogens (tertiary/aromatic N) is 3. The summed E-state index contributed by atoms with van der Waals surface area (Å²) in [6.07, 6.45) is 5.34. The minimum atomic E-state index is -0.0611. The molecule has 3 amide bonds. The highest BCUT2D eigenvalue weighted by molar-refractivity contribution is 6.02. The molecule has 0 aromatic carbocycles. The van der Waals surface area contributed by atoms with Gasteiger partial charge in [-0.15, -0.1) is 0 Å². The number of carbonyl (C=O) groups is 3. The average molecular weight is 317 g/mol. The van der Waals surface area contributed by atoms with Crippen molar-refractivity contribution in [3.05, 3.63) is 17.5 Å². The van der Waals surface area contributed by atoms with Crippen molar-refractivity contribution < 1.29 is 18.9 Å². The van der Waals surface area contributed by atoms with Crippen LogP contribution in [-0.2, 0) is 9.59 Å². The maximum atomic E-state index is 12.8. The van der Waals surface area contributed by atoms with Gasteiger partial charge >= 0.3 is 0 Å². The fourth-order valence-electron chi connectivity index (χ4n) is 4.33. The van der Waals surface area contributed by atoms with Gasteiger partial charge in [-0.05, 0) is 32.6 Å². The maximum Gasteiger partial charge on any atom is 0.259 e. The first-order chi connectivity index (χ1) is 11.1. The molecular formula is C16H19N3O4. The summed E-state index contributed by atoms with van der Waals surface area (Å²) in [6.45, 7) is 1.73. The van der Waals surface area contributed by atoms with Crippen molar-refractivity contribution in [3.63, 3.8) is 0 Å². The second kappa shape index (κ2) is 5.18. The Balaban J connectivity index is 1.55. The van der Waals surface area contributed by atoms with Gasteiger partial charge in [-0.1, -0.05) is 5.16 Å². The third-order valence-electron chi connectivity index (χ3n) is 5.38. The first-order valence-corrected chi connectivity index (χ1v) is 8.15. The van der Waals surface area contributed by atoms with Gasteiger partial charge in [-0.2, -0.15) is 0 Å². The Bertz CT molecular complexity index is 653. The van der Waals surface area contributed by atoms with Crippen molar-refractivity contribution in [1.82, 2.24) is 15.0 Å². The Morgan fingerprint density at radius 3 is 2.26 bits per heavy atom. The van der Waals surface area contributed by atoms with E-state index < -0.39 is 0 Å². The molecule has 3 fully saturated rings. The second-order valence-corrected chi connectivity index (χ2v) is 6.68. The lowest BCUT2D eigenvalue weighted by Crippen LogP contribution is -2.53. The van der Waals surface area contributed by atoms with Crippen LogP contribution in [0.3, 0.4) is 0 Å². The monoisotopic (exact) mass is 317 g/mol. The number of imide groups is 1. The lowest BCUT2D eigenvalue weighted by molar-refractivity contribution is -0.142. The molecule has 2 atom stereocenters. The van der Waals surface area contributed by atoms with E-state index >= 15 is 0 Å². The van der Waals surface area contributed by atoms with Crippen LogP contribution in [0.4, 0.5) is 0 Å². The number of piperidine rings is 1. The summed E-state index contributed by atoms with van der Waals surface area (Å²) in [5.41, 5.74) is 0.508. The molecule has 1 aromatic heterocycles. The molecule has 0 spiro atoms. The number of hydrogen-bond acceptors (Lipinski definition) is 5. The van der Waals surface area contributed by atoms with E-state index in [4.69, 9.17) is 4.52 Å². The standard InChI is InChI=1S/C16H19N3O4/c1-9-13(8-17-23-9)16(22)18-10-2-3-11(18)7-12(6-10)19-14(20)4-5-15(19)21/h8,10-12H,2-7H2,1H3. The number of carbonyl (C=O) groups excluding carboxylic acids is 3. The van der Waals surface area contributed by atoms with E-state index in [-0.39, 0.29) is 35.8 Å². The normalized spacial score (nSPS) is 30.4. The highest BCUT2D eigenvalue weighted by atomic mass is 16.5. The van der Waals surface area contributed by atoms with Crippen LogP contribution in [0.2, 0.25) is 0 Å². The highest BCUT2D eigenvalue weighted by Crippen LogP contribution is 2.39. The zero-order valence-electron chi connectivity index (χ0n) is 13.0. The lowest BCUT2D eigenvalue weighted by atomic mass is 9.95. The molecule has 0 aliphatic carbocycles. The Morgan fingerprint density at radius 1 is 1.13 bits per heavy atom. The van der Waals surface area contributed by atoms with Gasteiger partial charge in [0.25, 0.3) is 5.91 Å². The van der Waals surface area contributed by atoms with Gasteiger partial charge in [0.15, 0.2) is 0 Å². The molecular weight excluding hydrogens is 298 g/mol. The van der Waals surface area contributed by atoms with Gasteiger partial charge < -0.3 is 9.42 Å². The van der Waals surface area contributed by atoms with Crippen LogP contribution >= 0.6 is 0 Å². The molecule has 3 aliphatic rings. The first-order valence-electron chi connectivity index (χ1n) is 8.15. The van der Waals surface area contributed by atoms with E-state index in [0.29, 0.717) is 37.0 Å². The van der Waals surface area contributed by atoms with Gasteiger partial charge in [-0.3, -0.25) is 19.3 Å². The minimum Gasteiger partial charge on any atom is -0.361 e. The number of rotatable bonds is 2. The van der Waals surface area contributed by atoms with Crippen LogP contribution in [0, 0.1) is 6.92 Å². The summed E-state index contributed by atoms with van der Waals surface area (Å²) in [6, 6.07) is 0.117. The van der Waals surface area contributed by atoms with Crippen LogP contribution in [0.5, 0.6) is 0 Å². The number of amides is 3.